The Morgan fingerprint density at radius 3 is 2.90 bits per heavy atom. The third-order valence-corrected chi connectivity index (χ3v) is 3.10. The number of nitrogen functional groups attached to an aromatic ring is 1. The van der Waals surface area contributed by atoms with Crippen LogP contribution in [0.2, 0.25) is 0 Å². The van der Waals surface area contributed by atoms with Crippen LogP contribution >= 0.6 is 0 Å². The summed E-state index contributed by atoms with van der Waals surface area (Å²) in [7, 11) is 0. The highest BCUT2D eigenvalue weighted by atomic mass is 16.2. The standard InChI is InChI=1S/C14H12N4O2/c15-10-7-16-6-5-9(10)14(20)18-8-13(19)17-11-3-1-2-4-12(11)18/h1-7H,8,15H2,(H,17,19). The van der Waals surface area contributed by atoms with Crippen LogP contribution in [-0.4, -0.2) is 23.3 Å². The van der Waals surface area contributed by atoms with E-state index in [-0.39, 0.29) is 18.4 Å². The van der Waals surface area contributed by atoms with Gasteiger partial charge in [-0.3, -0.25) is 19.5 Å². The molecule has 1 aliphatic rings. The van der Waals surface area contributed by atoms with Crippen molar-refractivity contribution in [1.82, 2.24) is 4.98 Å². The molecule has 1 aromatic carbocycles. The average Bonchev–Trinajstić information content (AvgIpc) is 2.46. The number of rotatable bonds is 1. The molecule has 2 aromatic rings. The highest BCUT2D eigenvalue weighted by Gasteiger charge is 2.28. The van der Waals surface area contributed by atoms with Crippen molar-refractivity contribution in [2.45, 2.75) is 0 Å². The van der Waals surface area contributed by atoms with Crippen LogP contribution in [0.25, 0.3) is 0 Å². The minimum atomic E-state index is -0.313. The van der Waals surface area contributed by atoms with Crippen molar-refractivity contribution in [2.24, 2.45) is 0 Å². The smallest absolute Gasteiger partial charge is 0.261 e. The van der Waals surface area contributed by atoms with Crippen LogP contribution in [0.3, 0.4) is 0 Å². The molecule has 3 rings (SSSR count). The zero-order chi connectivity index (χ0) is 14.1. The van der Waals surface area contributed by atoms with Gasteiger partial charge in [-0.05, 0) is 18.2 Å². The highest BCUT2D eigenvalue weighted by molar-refractivity contribution is 6.16. The number of carbonyl (C=O) groups is 2. The van der Waals surface area contributed by atoms with Crippen LogP contribution in [0.1, 0.15) is 10.4 Å². The van der Waals surface area contributed by atoms with E-state index in [0.717, 1.165) is 0 Å². The number of hydrogen-bond donors (Lipinski definition) is 2. The fourth-order valence-electron chi connectivity index (χ4n) is 2.16. The summed E-state index contributed by atoms with van der Waals surface area (Å²) in [5.41, 5.74) is 7.68. The lowest BCUT2D eigenvalue weighted by Gasteiger charge is -2.29. The first-order chi connectivity index (χ1) is 9.66. The maximum absolute atomic E-state index is 12.6. The molecule has 1 aliphatic heterocycles. The molecule has 20 heavy (non-hydrogen) atoms. The van der Waals surface area contributed by atoms with Gasteiger partial charge in [0.05, 0.1) is 28.8 Å². The Labute approximate surface area is 115 Å². The van der Waals surface area contributed by atoms with Gasteiger partial charge >= 0.3 is 0 Å². The zero-order valence-corrected chi connectivity index (χ0v) is 10.5. The monoisotopic (exact) mass is 268 g/mol. The molecule has 3 N–H and O–H groups in total. The molecule has 0 unspecified atom stereocenters. The van der Waals surface area contributed by atoms with Crippen LogP contribution in [0.15, 0.2) is 42.7 Å². The maximum Gasteiger partial charge on any atom is 0.261 e. The molecule has 2 amide bonds. The van der Waals surface area contributed by atoms with Crippen molar-refractivity contribution in [3.8, 4) is 0 Å². The molecule has 6 nitrogen and oxygen atoms in total. The SMILES string of the molecule is Nc1cnccc1C(=O)N1CC(=O)Nc2ccccc21. The fourth-order valence-corrected chi connectivity index (χ4v) is 2.16. The normalized spacial score (nSPS) is 13.6. The second-order valence-electron chi connectivity index (χ2n) is 4.42. The minimum Gasteiger partial charge on any atom is -0.397 e. The first-order valence-electron chi connectivity index (χ1n) is 6.07. The van der Waals surface area contributed by atoms with Crippen molar-refractivity contribution in [3.63, 3.8) is 0 Å². The van der Waals surface area contributed by atoms with Crippen molar-refractivity contribution in [3.05, 3.63) is 48.3 Å². The summed E-state index contributed by atoms with van der Waals surface area (Å²) in [6.07, 6.45) is 2.92. The predicted octanol–water partition coefficient (Wildman–Crippen LogP) is 1.26. The number of pyridine rings is 1. The minimum absolute atomic E-state index is 0.0301. The van der Waals surface area contributed by atoms with E-state index < -0.39 is 0 Å². The van der Waals surface area contributed by atoms with E-state index >= 15 is 0 Å². The number of nitrogens with two attached hydrogens (primary N) is 1. The Morgan fingerprint density at radius 2 is 2.10 bits per heavy atom. The average molecular weight is 268 g/mol. The largest absolute Gasteiger partial charge is 0.397 e. The number of nitrogens with zero attached hydrogens (tertiary/aromatic N) is 2. The molecule has 0 radical (unpaired) electrons. The third kappa shape index (κ3) is 1.97. The van der Waals surface area contributed by atoms with E-state index in [2.05, 4.69) is 10.3 Å². The van der Waals surface area contributed by atoms with E-state index in [4.69, 9.17) is 5.73 Å². The lowest BCUT2D eigenvalue weighted by molar-refractivity contribution is -0.115. The quantitative estimate of drug-likeness (QED) is 0.815. The van der Waals surface area contributed by atoms with Gasteiger partial charge in [-0.2, -0.15) is 0 Å². The van der Waals surface area contributed by atoms with Crippen molar-refractivity contribution in [1.29, 1.82) is 0 Å². The van der Waals surface area contributed by atoms with Gasteiger partial charge in [0.15, 0.2) is 0 Å². The van der Waals surface area contributed by atoms with Gasteiger partial charge in [0.2, 0.25) is 5.91 Å². The molecule has 2 heterocycles. The summed E-state index contributed by atoms with van der Waals surface area (Å²) in [6.45, 7) is -0.0301. The van der Waals surface area contributed by atoms with Crippen LogP contribution in [0.5, 0.6) is 0 Å². The van der Waals surface area contributed by atoms with Gasteiger partial charge in [0.25, 0.3) is 5.91 Å². The van der Waals surface area contributed by atoms with E-state index in [0.29, 0.717) is 22.6 Å². The topological polar surface area (TPSA) is 88.3 Å². The Kier molecular flexibility index (Phi) is 2.83. The number of nitrogens with one attached hydrogen (secondary N) is 1. The highest BCUT2D eigenvalue weighted by Crippen LogP contribution is 2.30. The Hall–Kier alpha value is -2.89. The van der Waals surface area contributed by atoms with E-state index in [1.54, 1.807) is 24.3 Å². The number of anilines is 3. The first-order valence-corrected chi connectivity index (χ1v) is 6.07. The molecule has 0 fully saturated rings. The number of para-hydroxylation sites is 2. The first kappa shape index (κ1) is 12.2. The van der Waals surface area contributed by atoms with Crippen molar-refractivity contribution in [2.75, 3.05) is 22.5 Å². The molecular weight excluding hydrogens is 256 g/mol. The molecule has 6 heteroatoms. The Balaban J connectivity index is 2.05. The van der Waals surface area contributed by atoms with Crippen LogP contribution < -0.4 is 16.0 Å². The molecular formula is C14H12N4O2. The number of carbonyl (C=O) groups excluding carboxylic acids is 2. The van der Waals surface area contributed by atoms with Gasteiger partial charge in [0, 0.05) is 6.20 Å². The number of aromatic nitrogens is 1. The van der Waals surface area contributed by atoms with Crippen LogP contribution in [-0.2, 0) is 4.79 Å². The summed E-state index contributed by atoms with van der Waals surface area (Å²) in [5, 5.41) is 2.73. The molecule has 100 valence electrons. The number of benzene rings is 1. The second-order valence-corrected chi connectivity index (χ2v) is 4.42. The molecule has 0 spiro atoms. The lowest BCUT2D eigenvalue weighted by Crippen LogP contribution is -2.42. The van der Waals surface area contributed by atoms with Gasteiger partial charge < -0.3 is 11.1 Å². The van der Waals surface area contributed by atoms with Gasteiger partial charge in [-0.1, -0.05) is 12.1 Å². The summed E-state index contributed by atoms with van der Waals surface area (Å²) in [6, 6.07) is 8.69. The lowest BCUT2D eigenvalue weighted by atomic mass is 10.1. The molecule has 0 atom stereocenters. The summed E-state index contributed by atoms with van der Waals surface area (Å²) >= 11 is 0. The predicted molar refractivity (Wildman–Crippen MR) is 75.4 cm³/mol. The fraction of sp³-hybridized carbons (Fsp3) is 0.0714. The maximum atomic E-state index is 12.6. The van der Waals surface area contributed by atoms with E-state index in [1.807, 2.05) is 6.07 Å². The third-order valence-electron chi connectivity index (χ3n) is 3.10. The molecule has 1 aromatic heterocycles. The van der Waals surface area contributed by atoms with Gasteiger partial charge in [-0.15, -0.1) is 0 Å². The molecule has 0 saturated carbocycles. The summed E-state index contributed by atoms with van der Waals surface area (Å²) < 4.78 is 0. The Bertz CT molecular complexity index is 699. The Morgan fingerprint density at radius 1 is 1.30 bits per heavy atom. The van der Waals surface area contributed by atoms with E-state index in [1.165, 1.54) is 17.3 Å². The molecule has 0 aliphatic carbocycles. The second kappa shape index (κ2) is 4.65. The number of amides is 2. The summed E-state index contributed by atoms with van der Waals surface area (Å²) in [4.78, 5) is 29.5. The van der Waals surface area contributed by atoms with Gasteiger partial charge in [-0.25, -0.2) is 0 Å². The van der Waals surface area contributed by atoms with Crippen LogP contribution in [0.4, 0.5) is 17.1 Å². The number of fused-ring (bicyclic) bond motifs is 1. The van der Waals surface area contributed by atoms with E-state index in [9.17, 15) is 9.59 Å². The molecule has 0 bridgehead atoms. The zero-order valence-electron chi connectivity index (χ0n) is 10.5. The van der Waals surface area contributed by atoms with Crippen molar-refractivity contribution < 1.29 is 9.59 Å². The van der Waals surface area contributed by atoms with Crippen LogP contribution in [0, 0.1) is 0 Å². The van der Waals surface area contributed by atoms with Crippen molar-refractivity contribution >= 4 is 28.9 Å². The van der Waals surface area contributed by atoms with Gasteiger partial charge in [0.1, 0.15) is 6.54 Å². The molecule has 0 saturated heterocycles. The summed E-state index contributed by atoms with van der Waals surface area (Å²) in [5.74, 6) is -0.545. The number of hydrogen-bond acceptors (Lipinski definition) is 4.